The van der Waals surface area contributed by atoms with E-state index in [-0.39, 0.29) is 6.42 Å². The van der Waals surface area contributed by atoms with Gasteiger partial charge in [0, 0.05) is 6.61 Å². The van der Waals surface area contributed by atoms with Gasteiger partial charge in [-0.3, -0.25) is 0 Å². The topological polar surface area (TPSA) is 9.23 Å². The minimum atomic E-state index is -1.64. The van der Waals surface area contributed by atoms with E-state index in [1.54, 1.807) is 0 Å². The van der Waals surface area contributed by atoms with Crippen LogP contribution >= 0.6 is 0 Å². The fraction of sp³-hybridized carbons (Fsp3) is 0.571. The van der Waals surface area contributed by atoms with Crippen LogP contribution in [0.5, 0.6) is 0 Å². The molecule has 0 heterocycles. The van der Waals surface area contributed by atoms with E-state index in [1.807, 2.05) is 0 Å². The van der Waals surface area contributed by atoms with Crippen molar-refractivity contribution >= 4 is 0 Å². The zero-order chi connectivity index (χ0) is 7.82. The molecule has 0 aromatic rings. The smallest absolute Gasteiger partial charge is 0.266 e. The molecule has 0 fully saturated rings. The standard InChI is InChI=1S/C7H11F2O/c1-2-5-10-6-3-4-7(8)9/h4H,1-3,5-6H2. The average Bonchev–Trinajstić information content (AvgIpc) is 1.87. The molecule has 0 saturated heterocycles. The monoisotopic (exact) mass is 149 g/mol. The van der Waals surface area contributed by atoms with Crippen LogP contribution in [0.3, 0.4) is 0 Å². The van der Waals surface area contributed by atoms with Gasteiger partial charge in [-0.1, -0.05) is 6.92 Å². The quantitative estimate of drug-likeness (QED) is 0.545. The Kier molecular flexibility index (Phi) is 6.38. The van der Waals surface area contributed by atoms with E-state index >= 15 is 0 Å². The highest BCUT2D eigenvalue weighted by Gasteiger charge is 1.87. The van der Waals surface area contributed by atoms with Crippen molar-refractivity contribution in [2.75, 3.05) is 13.2 Å². The van der Waals surface area contributed by atoms with E-state index in [0.717, 1.165) is 6.08 Å². The normalized spacial score (nSPS) is 9.50. The lowest BCUT2D eigenvalue weighted by atomic mass is 10.4. The van der Waals surface area contributed by atoms with Gasteiger partial charge in [0.1, 0.15) is 0 Å². The molecule has 0 bridgehead atoms. The summed E-state index contributed by atoms with van der Waals surface area (Å²) in [5.74, 6) is 0. The summed E-state index contributed by atoms with van der Waals surface area (Å²) in [6.45, 7) is 4.43. The minimum Gasteiger partial charge on any atom is -0.381 e. The summed E-state index contributed by atoms with van der Waals surface area (Å²) < 4.78 is 27.6. The van der Waals surface area contributed by atoms with Gasteiger partial charge in [0.2, 0.25) is 0 Å². The Bertz CT molecular complexity index is 97.8. The molecule has 59 valence electrons. The van der Waals surface area contributed by atoms with Crippen molar-refractivity contribution in [1.29, 1.82) is 0 Å². The lowest BCUT2D eigenvalue weighted by Crippen LogP contribution is -1.93. The fourth-order valence-electron chi connectivity index (χ4n) is 0.455. The van der Waals surface area contributed by atoms with E-state index in [4.69, 9.17) is 4.74 Å². The third-order valence-corrected chi connectivity index (χ3v) is 0.850. The highest BCUT2D eigenvalue weighted by Crippen LogP contribution is 1.98. The molecule has 0 saturated carbocycles. The molecule has 0 amide bonds. The Labute approximate surface area is 59.7 Å². The van der Waals surface area contributed by atoms with E-state index in [0.29, 0.717) is 19.6 Å². The Morgan fingerprint density at radius 2 is 2.10 bits per heavy atom. The van der Waals surface area contributed by atoms with Crippen LogP contribution in [0.2, 0.25) is 0 Å². The zero-order valence-corrected chi connectivity index (χ0v) is 5.78. The maximum atomic E-state index is 11.3. The molecule has 0 aliphatic heterocycles. The third kappa shape index (κ3) is 7.56. The molecule has 1 nitrogen and oxygen atoms in total. The molecule has 0 unspecified atom stereocenters. The van der Waals surface area contributed by atoms with E-state index in [2.05, 4.69) is 6.92 Å². The molecule has 0 aromatic heterocycles. The Morgan fingerprint density at radius 1 is 1.40 bits per heavy atom. The van der Waals surface area contributed by atoms with Crippen molar-refractivity contribution in [2.24, 2.45) is 0 Å². The summed E-state index contributed by atoms with van der Waals surface area (Å²) in [5.41, 5.74) is 0. The second-order valence-electron chi connectivity index (χ2n) is 1.75. The Morgan fingerprint density at radius 3 is 2.60 bits per heavy atom. The van der Waals surface area contributed by atoms with Gasteiger partial charge in [-0.15, -0.1) is 0 Å². The van der Waals surface area contributed by atoms with Crippen molar-refractivity contribution in [2.45, 2.75) is 12.8 Å². The van der Waals surface area contributed by atoms with Crippen LogP contribution in [-0.4, -0.2) is 13.2 Å². The first-order chi connectivity index (χ1) is 4.77. The molecule has 0 aromatic carbocycles. The van der Waals surface area contributed by atoms with Crippen molar-refractivity contribution in [3.63, 3.8) is 0 Å². The summed E-state index contributed by atoms with van der Waals surface area (Å²) in [6.07, 6.45) is 0.172. The SMILES string of the molecule is [CH2]CCOCCC=C(F)F. The summed E-state index contributed by atoms with van der Waals surface area (Å²) in [6, 6.07) is 0. The lowest BCUT2D eigenvalue weighted by Gasteiger charge is -1.96. The van der Waals surface area contributed by atoms with Gasteiger partial charge in [0.15, 0.2) is 0 Å². The second-order valence-corrected chi connectivity index (χ2v) is 1.75. The molecule has 0 atom stereocenters. The van der Waals surface area contributed by atoms with E-state index in [1.165, 1.54) is 0 Å². The number of rotatable bonds is 5. The van der Waals surface area contributed by atoms with Crippen molar-refractivity contribution in [1.82, 2.24) is 0 Å². The van der Waals surface area contributed by atoms with E-state index < -0.39 is 6.08 Å². The van der Waals surface area contributed by atoms with Crippen molar-refractivity contribution in [3.05, 3.63) is 19.1 Å². The van der Waals surface area contributed by atoms with Crippen LogP contribution in [0.4, 0.5) is 8.78 Å². The zero-order valence-electron chi connectivity index (χ0n) is 5.78. The largest absolute Gasteiger partial charge is 0.381 e. The first-order valence-corrected chi connectivity index (χ1v) is 3.15. The first-order valence-electron chi connectivity index (χ1n) is 3.15. The molecule has 0 rings (SSSR count). The van der Waals surface area contributed by atoms with Gasteiger partial charge < -0.3 is 4.74 Å². The number of ether oxygens (including phenoxy) is 1. The Balaban J connectivity index is 2.98. The van der Waals surface area contributed by atoms with Crippen molar-refractivity contribution in [3.8, 4) is 0 Å². The molecule has 0 aliphatic rings. The number of halogens is 2. The molecule has 0 spiro atoms. The lowest BCUT2D eigenvalue weighted by molar-refractivity contribution is 0.142. The maximum absolute atomic E-state index is 11.3. The van der Waals surface area contributed by atoms with Crippen LogP contribution in [0.15, 0.2) is 12.2 Å². The van der Waals surface area contributed by atoms with Crippen LogP contribution in [0.25, 0.3) is 0 Å². The summed E-state index contributed by atoms with van der Waals surface area (Å²) in [7, 11) is 0. The van der Waals surface area contributed by atoms with Gasteiger partial charge in [0.25, 0.3) is 6.08 Å². The van der Waals surface area contributed by atoms with Gasteiger partial charge in [-0.25, -0.2) is 0 Å². The third-order valence-electron chi connectivity index (χ3n) is 0.850. The van der Waals surface area contributed by atoms with Crippen LogP contribution in [-0.2, 0) is 4.74 Å². The van der Waals surface area contributed by atoms with Gasteiger partial charge in [-0.2, -0.15) is 8.78 Å². The molecule has 0 N–H and O–H groups in total. The first kappa shape index (κ1) is 9.56. The highest BCUT2D eigenvalue weighted by atomic mass is 19.3. The van der Waals surface area contributed by atoms with Crippen molar-refractivity contribution < 1.29 is 13.5 Å². The molecule has 1 radical (unpaired) electrons. The highest BCUT2D eigenvalue weighted by molar-refractivity contribution is 4.79. The summed E-state index contributed by atoms with van der Waals surface area (Å²) in [4.78, 5) is 0. The average molecular weight is 149 g/mol. The number of hydrogen-bond acceptors (Lipinski definition) is 1. The molecule has 3 heteroatoms. The number of hydrogen-bond donors (Lipinski definition) is 0. The second kappa shape index (κ2) is 6.68. The molecular formula is C7H11F2O. The van der Waals surface area contributed by atoms with Crippen LogP contribution in [0, 0.1) is 6.92 Å². The maximum Gasteiger partial charge on any atom is 0.266 e. The van der Waals surface area contributed by atoms with Crippen LogP contribution < -0.4 is 0 Å². The van der Waals surface area contributed by atoms with Crippen LogP contribution in [0.1, 0.15) is 12.8 Å². The fourth-order valence-corrected chi connectivity index (χ4v) is 0.455. The molecular weight excluding hydrogens is 138 g/mol. The van der Waals surface area contributed by atoms with E-state index in [9.17, 15) is 8.78 Å². The Hall–Kier alpha value is -0.440. The van der Waals surface area contributed by atoms with Gasteiger partial charge in [0.05, 0.1) is 6.61 Å². The summed E-state index contributed by atoms with van der Waals surface area (Å²) in [5, 5.41) is 0. The van der Waals surface area contributed by atoms with Gasteiger partial charge >= 0.3 is 0 Å². The predicted octanol–water partition coefficient (Wildman–Crippen LogP) is 2.40. The molecule has 10 heavy (non-hydrogen) atoms. The molecule has 0 aliphatic carbocycles. The van der Waals surface area contributed by atoms with Gasteiger partial charge in [-0.05, 0) is 18.9 Å². The predicted molar refractivity (Wildman–Crippen MR) is 35.7 cm³/mol. The minimum absolute atomic E-state index is 0.280. The summed E-state index contributed by atoms with van der Waals surface area (Å²) >= 11 is 0.